The van der Waals surface area contributed by atoms with E-state index in [2.05, 4.69) is 34.1 Å². The fourth-order valence-electron chi connectivity index (χ4n) is 2.96. The molecule has 3 rings (SSSR count). The van der Waals surface area contributed by atoms with E-state index >= 15 is 0 Å². The van der Waals surface area contributed by atoms with Crippen molar-refractivity contribution in [2.45, 2.75) is 6.10 Å². The number of carboxylic acid groups (broad SMARTS) is 2. The molecular formula is C21H24Cl2N2O6. The van der Waals surface area contributed by atoms with E-state index in [1.165, 1.54) is 5.69 Å². The zero-order valence-electron chi connectivity index (χ0n) is 16.7. The summed E-state index contributed by atoms with van der Waals surface area (Å²) in [6.45, 7) is 4.57. The van der Waals surface area contributed by atoms with Gasteiger partial charge in [-0.15, -0.1) is 0 Å². The van der Waals surface area contributed by atoms with Crippen LogP contribution in [0, 0.1) is 0 Å². The SMILES string of the molecule is O=C(O)C(=O)O.OC(COc1ccc(Cl)cc1Cl)CN1CCN(c2ccccc2)CC1. The van der Waals surface area contributed by atoms with Crippen molar-refractivity contribution in [3.8, 4) is 5.75 Å². The lowest BCUT2D eigenvalue weighted by molar-refractivity contribution is -0.159. The first-order chi connectivity index (χ1) is 14.8. The Balaban J connectivity index is 0.000000501. The first-order valence-corrected chi connectivity index (χ1v) is 10.3. The number of aliphatic hydroxyl groups is 1. The number of aliphatic carboxylic acids is 2. The third kappa shape index (κ3) is 8.63. The van der Waals surface area contributed by atoms with Crippen LogP contribution in [0.5, 0.6) is 5.75 Å². The highest BCUT2D eigenvalue weighted by Crippen LogP contribution is 2.27. The second-order valence-electron chi connectivity index (χ2n) is 6.77. The van der Waals surface area contributed by atoms with E-state index in [1.807, 2.05) is 6.07 Å². The van der Waals surface area contributed by atoms with Crippen LogP contribution in [0.1, 0.15) is 0 Å². The van der Waals surface area contributed by atoms with Crippen LogP contribution in [0.4, 0.5) is 5.69 Å². The molecule has 1 fully saturated rings. The summed E-state index contributed by atoms with van der Waals surface area (Å²) in [7, 11) is 0. The van der Waals surface area contributed by atoms with Gasteiger partial charge in [0.1, 0.15) is 18.5 Å². The second kappa shape index (κ2) is 12.4. The molecule has 1 atom stereocenters. The summed E-state index contributed by atoms with van der Waals surface area (Å²) in [5, 5.41) is 26.0. The molecule has 1 heterocycles. The molecule has 2 aromatic rings. The summed E-state index contributed by atoms with van der Waals surface area (Å²) in [5.41, 5.74) is 1.25. The Hall–Kier alpha value is -2.52. The van der Waals surface area contributed by atoms with Crippen molar-refractivity contribution in [2.75, 3.05) is 44.2 Å². The van der Waals surface area contributed by atoms with Crippen molar-refractivity contribution < 1.29 is 29.6 Å². The number of para-hydroxylation sites is 1. The number of β-amino-alcohol motifs (C(OH)–C–C–N with tert-alkyl or cyclic N) is 1. The molecule has 1 saturated heterocycles. The molecule has 0 saturated carbocycles. The summed E-state index contributed by atoms with van der Waals surface area (Å²) < 4.78 is 5.61. The number of hydrogen-bond donors (Lipinski definition) is 3. The Morgan fingerprint density at radius 1 is 0.968 bits per heavy atom. The number of benzene rings is 2. The van der Waals surface area contributed by atoms with Crippen molar-refractivity contribution in [3.63, 3.8) is 0 Å². The number of nitrogens with zero attached hydrogens (tertiary/aromatic N) is 2. The minimum atomic E-state index is -1.82. The highest BCUT2D eigenvalue weighted by Gasteiger charge is 2.20. The Morgan fingerprint density at radius 3 is 2.13 bits per heavy atom. The molecular weight excluding hydrogens is 447 g/mol. The Labute approximate surface area is 190 Å². The van der Waals surface area contributed by atoms with E-state index in [0.717, 1.165) is 26.2 Å². The van der Waals surface area contributed by atoms with E-state index in [-0.39, 0.29) is 6.61 Å². The van der Waals surface area contributed by atoms with Gasteiger partial charge in [0.05, 0.1) is 5.02 Å². The molecule has 10 heteroatoms. The van der Waals surface area contributed by atoms with Gasteiger partial charge in [0.2, 0.25) is 0 Å². The van der Waals surface area contributed by atoms with Gasteiger partial charge in [0, 0.05) is 43.4 Å². The molecule has 0 bridgehead atoms. The molecule has 0 spiro atoms. The number of aliphatic hydroxyl groups excluding tert-OH is 1. The van der Waals surface area contributed by atoms with Crippen molar-refractivity contribution >= 4 is 40.8 Å². The van der Waals surface area contributed by atoms with Crippen molar-refractivity contribution in [1.29, 1.82) is 0 Å². The summed E-state index contributed by atoms with van der Waals surface area (Å²) in [6.07, 6.45) is -0.560. The zero-order chi connectivity index (χ0) is 22.8. The first kappa shape index (κ1) is 24.7. The zero-order valence-corrected chi connectivity index (χ0v) is 18.2. The maximum atomic E-state index is 10.2. The molecule has 8 nitrogen and oxygen atoms in total. The van der Waals surface area contributed by atoms with Crippen LogP contribution in [0.2, 0.25) is 10.0 Å². The van der Waals surface area contributed by atoms with Gasteiger partial charge in [0.25, 0.3) is 0 Å². The molecule has 0 radical (unpaired) electrons. The normalized spacial score (nSPS) is 14.9. The summed E-state index contributed by atoms with van der Waals surface area (Å²) in [5.74, 6) is -3.11. The van der Waals surface area contributed by atoms with Crippen LogP contribution >= 0.6 is 23.2 Å². The number of piperazine rings is 1. The maximum Gasteiger partial charge on any atom is 0.414 e. The van der Waals surface area contributed by atoms with Crippen molar-refractivity contribution in [3.05, 3.63) is 58.6 Å². The Kier molecular flexibility index (Phi) is 9.87. The third-order valence-electron chi connectivity index (χ3n) is 4.47. The number of carbonyl (C=O) groups is 2. The summed E-state index contributed by atoms with van der Waals surface area (Å²) in [4.78, 5) is 22.8. The molecule has 1 aliphatic heterocycles. The summed E-state index contributed by atoms with van der Waals surface area (Å²) in [6, 6.07) is 15.5. The van der Waals surface area contributed by atoms with E-state index < -0.39 is 18.0 Å². The molecule has 0 amide bonds. The molecule has 31 heavy (non-hydrogen) atoms. The monoisotopic (exact) mass is 470 g/mol. The number of rotatable bonds is 6. The average molecular weight is 471 g/mol. The number of carboxylic acids is 2. The van der Waals surface area contributed by atoms with Crippen LogP contribution in [-0.2, 0) is 9.59 Å². The lowest BCUT2D eigenvalue weighted by atomic mass is 10.2. The number of ether oxygens (including phenoxy) is 1. The van der Waals surface area contributed by atoms with Crippen LogP contribution in [0.25, 0.3) is 0 Å². The first-order valence-electron chi connectivity index (χ1n) is 9.50. The van der Waals surface area contributed by atoms with Gasteiger partial charge in [-0.25, -0.2) is 9.59 Å². The van der Waals surface area contributed by atoms with E-state index in [4.69, 9.17) is 47.7 Å². The highest BCUT2D eigenvalue weighted by atomic mass is 35.5. The molecule has 1 aliphatic rings. The fraction of sp³-hybridized carbons (Fsp3) is 0.333. The number of anilines is 1. The van der Waals surface area contributed by atoms with E-state index in [9.17, 15) is 5.11 Å². The maximum absolute atomic E-state index is 10.2. The smallest absolute Gasteiger partial charge is 0.414 e. The van der Waals surface area contributed by atoms with Crippen LogP contribution in [-0.4, -0.2) is 77.6 Å². The Bertz CT molecular complexity index is 848. The minimum absolute atomic E-state index is 0.209. The van der Waals surface area contributed by atoms with Gasteiger partial charge in [-0.1, -0.05) is 41.4 Å². The Morgan fingerprint density at radius 2 is 1.58 bits per heavy atom. The molecule has 0 aromatic heterocycles. The van der Waals surface area contributed by atoms with Crippen LogP contribution in [0.3, 0.4) is 0 Å². The standard InChI is InChI=1S/C19H22Cl2N2O2.C2H2O4/c20-15-6-7-19(18(21)12-15)25-14-17(24)13-22-8-10-23(11-9-22)16-4-2-1-3-5-16;3-1(4)2(5)6/h1-7,12,17,24H,8-11,13-14H2;(H,3,4)(H,5,6). The van der Waals surface area contributed by atoms with Crippen molar-refractivity contribution in [1.82, 2.24) is 4.90 Å². The van der Waals surface area contributed by atoms with Gasteiger partial charge in [0.15, 0.2) is 0 Å². The van der Waals surface area contributed by atoms with Crippen LogP contribution in [0.15, 0.2) is 48.5 Å². The van der Waals surface area contributed by atoms with Gasteiger partial charge < -0.3 is 25.0 Å². The largest absolute Gasteiger partial charge is 0.489 e. The van der Waals surface area contributed by atoms with Gasteiger partial charge in [-0.3, -0.25) is 4.90 Å². The predicted molar refractivity (Wildman–Crippen MR) is 118 cm³/mol. The molecule has 2 aromatic carbocycles. The third-order valence-corrected chi connectivity index (χ3v) is 5.00. The second-order valence-corrected chi connectivity index (χ2v) is 7.62. The van der Waals surface area contributed by atoms with Gasteiger partial charge in [-0.2, -0.15) is 0 Å². The van der Waals surface area contributed by atoms with Crippen LogP contribution < -0.4 is 9.64 Å². The molecule has 0 aliphatic carbocycles. The van der Waals surface area contributed by atoms with E-state index in [1.54, 1.807) is 18.2 Å². The molecule has 168 valence electrons. The number of halogens is 2. The summed E-state index contributed by atoms with van der Waals surface area (Å²) >= 11 is 11.9. The quantitative estimate of drug-likeness (QED) is 0.552. The van der Waals surface area contributed by atoms with Crippen molar-refractivity contribution in [2.24, 2.45) is 0 Å². The predicted octanol–water partition coefficient (Wildman–Crippen LogP) is 2.71. The van der Waals surface area contributed by atoms with E-state index in [0.29, 0.717) is 22.3 Å². The highest BCUT2D eigenvalue weighted by molar-refractivity contribution is 6.35. The molecule has 3 N–H and O–H groups in total. The minimum Gasteiger partial charge on any atom is -0.489 e. The average Bonchev–Trinajstić information content (AvgIpc) is 2.74. The number of hydrogen-bond acceptors (Lipinski definition) is 6. The lowest BCUT2D eigenvalue weighted by Crippen LogP contribution is -2.49. The topological polar surface area (TPSA) is 111 Å². The fourth-order valence-corrected chi connectivity index (χ4v) is 3.42. The molecule has 1 unspecified atom stereocenters. The van der Waals surface area contributed by atoms with Gasteiger partial charge >= 0.3 is 11.9 Å². The van der Waals surface area contributed by atoms with Gasteiger partial charge in [-0.05, 0) is 30.3 Å². The lowest BCUT2D eigenvalue weighted by Gasteiger charge is -2.36.